The lowest BCUT2D eigenvalue weighted by molar-refractivity contribution is -0.0907. The molecule has 2 aromatic carbocycles. The van der Waals surface area contributed by atoms with Gasteiger partial charge in [0.1, 0.15) is 18.5 Å². The van der Waals surface area contributed by atoms with Crippen molar-refractivity contribution < 1.29 is 46.4 Å². The van der Waals surface area contributed by atoms with Gasteiger partial charge in [-0.25, -0.2) is 18.2 Å². The van der Waals surface area contributed by atoms with Gasteiger partial charge in [0, 0.05) is 31.1 Å². The Hall–Kier alpha value is -3.47. The molecule has 272 valence electrons. The number of carbonyl (C=O) groups is 1. The third-order valence-electron chi connectivity index (χ3n) is 8.74. The lowest BCUT2D eigenvalue weighted by atomic mass is 10.0. The molecule has 3 aliphatic rings. The summed E-state index contributed by atoms with van der Waals surface area (Å²) in [6.45, 7) is 9.39. The van der Waals surface area contributed by atoms with E-state index >= 15 is 0 Å². The lowest BCUT2D eigenvalue weighted by Crippen LogP contribution is -2.52. The summed E-state index contributed by atoms with van der Waals surface area (Å²) in [5, 5.41) is 5.98. The number of nitrogens with zero attached hydrogens (tertiary/aromatic N) is 2. The lowest BCUT2D eigenvalue weighted by Gasteiger charge is -2.33. The minimum Gasteiger partial charge on any atom is -0.487 e. The number of aromatic nitrogens is 1. The molecule has 0 aliphatic carbocycles. The van der Waals surface area contributed by atoms with E-state index in [2.05, 4.69) is 10.3 Å². The van der Waals surface area contributed by atoms with Crippen molar-refractivity contribution in [2.24, 2.45) is 11.8 Å². The van der Waals surface area contributed by atoms with E-state index in [9.17, 15) is 13.2 Å². The van der Waals surface area contributed by atoms with Gasteiger partial charge in [0.05, 0.1) is 46.9 Å². The molecule has 50 heavy (non-hydrogen) atoms. The van der Waals surface area contributed by atoms with Crippen molar-refractivity contribution >= 4 is 27.5 Å². The topological polar surface area (TPSA) is 144 Å². The van der Waals surface area contributed by atoms with Crippen LogP contribution in [0.15, 0.2) is 52.7 Å². The summed E-state index contributed by atoms with van der Waals surface area (Å²) < 4.78 is 70.0. The van der Waals surface area contributed by atoms with Crippen LogP contribution in [0.4, 0.5) is 4.79 Å². The second-order valence-corrected chi connectivity index (χ2v) is 15.9. The van der Waals surface area contributed by atoms with E-state index in [0.717, 1.165) is 22.7 Å². The Balaban J connectivity index is 1.22. The first kappa shape index (κ1) is 36.3. The number of fused-ring (bicyclic) bond motifs is 2. The number of hydrogen-bond donors (Lipinski definition) is 1. The molecule has 6 rings (SSSR count). The predicted octanol–water partition coefficient (Wildman–Crippen LogP) is 4.91. The Kier molecular flexibility index (Phi) is 11.8. The van der Waals surface area contributed by atoms with Gasteiger partial charge in [-0.15, -0.1) is 11.3 Å². The van der Waals surface area contributed by atoms with Crippen molar-refractivity contribution in [2.45, 2.75) is 76.6 Å². The molecule has 0 unspecified atom stereocenters. The van der Waals surface area contributed by atoms with Crippen molar-refractivity contribution in [3.05, 3.63) is 64.1 Å². The molecule has 3 aliphatic heterocycles. The Labute approximate surface area is 297 Å². The molecule has 15 heteroatoms. The zero-order chi connectivity index (χ0) is 35.3. The molecule has 0 radical (unpaired) electrons. The normalized spacial score (nSPS) is 21.0. The van der Waals surface area contributed by atoms with Crippen molar-refractivity contribution in [3.8, 4) is 17.2 Å². The highest BCUT2D eigenvalue weighted by Crippen LogP contribution is 2.35. The number of amides is 1. The Morgan fingerprint density at radius 1 is 1.10 bits per heavy atom. The minimum absolute atomic E-state index is 0.00196. The molecule has 3 aromatic rings. The first-order chi connectivity index (χ1) is 24.1. The van der Waals surface area contributed by atoms with Gasteiger partial charge in [-0.1, -0.05) is 26.0 Å². The minimum atomic E-state index is -4.01. The van der Waals surface area contributed by atoms with Crippen LogP contribution < -0.4 is 19.5 Å². The molecule has 13 nitrogen and oxygen atoms in total. The Bertz CT molecular complexity index is 1700. The van der Waals surface area contributed by atoms with Crippen LogP contribution >= 0.6 is 11.3 Å². The van der Waals surface area contributed by atoms with Crippen LogP contribution in [-0.4, -0.2) is 88.0 Å². The number of thiazole rings is 1. The zero-order valence-electron chi connectivity index (χ0n) is 28.7. The summed E-state index contributed by atoms with van der Waals surface area (Å²) in [4.78, 5) is 18.0. The maximum Gasteiger partial charge on any atom is 0.407 e. The number of aryl methyl sites for hydroxylation is 1. The van der Waals surface area contributed by atoms with Gasteiger partial charge in [-0.2, -0.15) is 4.31 Å². The highest BCUT2D eigenvalue weighted by molar-refractivity contribution is 7.89. The molecule has 0 spiro atoms. The summed E-state index contributed by atoms with van der Waals surface area (Å²) in [6.07, 6.45) is -1.11. The maximum absolute atomic E-state index is 14.2. The van der Waals surface area contributed by atoms with Gasteiger partial charge in [-0.3, -0.25) is 0 Å². The van der Waals surface area contributed by atoms with Crippen LogP contribution in [0.2, 0.25) is 0 Å². The molecule has 1 amide bonds. The SMILES string of the molecule is CCO[C@H](CN(CC(C)C)S(=O)(=O)c1ccc2c(c1)OCO2)[C@H](Cc1ccc(OCc2csc(C)n2)cc1)NC(=O)O[C@H]1CO[C@H]2OCC[C@H]21. The molecule has 0 saturated carbocycles. The standard InChI is InChI=1S/C35H45N3O10S2/c1-5-42-32(17-38(16-22(2)3)50(40,41)27-10-11-30-31(15-27)47-21-46-30)29(37-35(39)48-33-19-45-34-28(33)12-13-43-34)14-24-6-8-26(9-7-24)44-18-25-20-49-23(4)36-25/h6-11,15,20,22,28-29,32-34H,5,12-14,16-19,21H2,1-4H3,(H,37,39)/t28-,29-,32+,33-,34+/m0/s1. The maximum atomic E-state index is 14.2. The second kappa shape index (κ2) is 16.3. The number of nitrogens with one attached hydrogen (secondary N) is 1. The van der Waals surface area contributed by atoms with Crippen LogP contribution in [0, 0.1) is 18.8 Å². The summed E-state index contributed by atoms with van der Waals surface area (Å²) in [5.74, 6) is 1.52. The van der Waals surface area contributed by atoms with Gasteiger partial charge < -0.3 is 38.5 Å². The number of alkyl carbamates (subject to hydrolysis) is 1. The highest BCUT2D eigenvalue weighted by atomic mass is 32.2. The number of hydrogen-bond acceptors (Lipinski definition) is 12. The molecule has 2 fully saturated rings. The summed E-state index contributed by atoms with van der Waals surface area (Å²) >= 11 is 1.57. The van der Waals surface area contributed by atoms with E-state index in [1.807, 2.05) is 57.3 Å². The number of benzene rings is 2. The fraction of sp³-hybridized carbons (Fsp3) is 0.543. The monoisotopic (exact) mass is 731 g/mol. The summed E-state index contributed by atoms with van der Waals surface area (Å²) in [5.41, 5.74) is 1.75. The van der Waals surface area contributed by atoms with Crippen molar-refractivity contribution in [1.29, 1.82) is 0 Å². The van der Waals surface area contributed by atoms with E-state index in [1.54, 1.807) is 17.4 Å². The first-order valence-corrected chi connectivity index (χ1v) is 19.3. The molecule has 1 aromatic heterocycles. The van der Waals surface area contributed by atoms with E-state index in [0.29, 0.717) is 36.9 Å². The molecular formula is C35H45N3O10S2. The third kappa shape index (κ3) is 8.87. The molecule has 4 heterocycles. The van der Waals surface area contributed by atoms with Crippen molar-refractivity contribution in [1.82, 2.24) is 14.6 Å². The summed E-state index contributed by atoms with van der Waals surface area (Å²) in [7, 11) is -4.01. The van der Waals surface area contributed by atoms with Gasteiger partial charge in [0.15, 0.2) is 17.8 Å². The Morgan fingerprint density at radius 2 is 1.90 bits per heavy atom. The highest BCUT2D eigenvalue weighted by Gasteiger charge is 2.44. The fourth-order valence-corrected chi connectivity index (χ4v) is 8.56. The molecule has 2 saturated heterocycles. The molecule has 1 N–H and O–H groups in total. The van der Waals surface area contributed by atoms with E-state index in [4.69, 9.17) is 33.2 Å². The summed E-state index contributed by atoms with van der Waals surface area (Å²) in [6, 6.07) is 11.5. The van der Waals surface area contributed by atoms with E-state index in [1.165, 1.54) is 16.4 Å². The average molecular weight is 732 g/mol. The third-order valence-corrected chi connectivity index (χ3v) is 11.4. The molecular weight excluding hydrogens is 687 g/mol. The number of ether oxygens (including phenoxy) is 7. The fourth-order valence-electron chi connectivity index (χ4n) is 6.33. The number of sulfonamides is 1. The molecule has 5 atom stereocenters. The van der Waals surface area contributed by atoms with Crippen LogP contribution in [0.3, 0.4) is 0 Å². The number of rotatable bonds is 16. The van der Waals surface area contributed by atoms with Crippen molar-refractivity contribution in [3.63, 3.8) is 0 Å². The smallest absolute Gasteiger partial charge is 0.407 e. The Morgan fingerprint density at radius 3 is 2.64 bits per heavy atom. The van der Waals surface area contributed by atoms with Crippen LogP contribution in [0.5, 0.6) is 17.2 Å². The van der Waals surface area contributed by atoms with Gasteiger partial charge >= 0.3 is 6.09 Å². The predicted molar refractivity (Wildman–Crippen MR) is 184 cm³/mol. The zero-order valence-corrected chi connectivity index (χ0v) is 30.4. The van der Waals surface area contributed by atoms with Gasteiger partial charge in [0.25, 0.3) is 0 Å². The van der Waals surface area contributed by atoms with Crippen molar-refractivity contribution in [2.75, 3.05) is 39.7 Å². The van der Waals surface area contributed by atoms with Gasteiger partial charge in [0.2, 0.25) is 16.8 Å². The quantitative estimate of drug-likeness (QED) is 0.215. The van der Waals surface area contributed by atoms with Crippen LogP contribution in [-0.2, 0) is 42.0 Å². The van der Waals surface area contributed by atoms with Gasteiger partial charge in [-0.05, 0) is 62.4 Å². The van der Waals surface area contributed by atoms with E-state index < -0.39 is 34.4 Å². The number of carbonyl (C=O) groups excluding carboxylic acids is 1. The van der Waals surface area contributed by atoms with Crippen LogP contribution in [0.25, 0.3) is 0 Å². The molecule has 0 bridgehead atoms. The van der Waals surface area contributed by atoms with Crippen LogP contribution in [0.1, 0.15) is 43.5 Å². The average Bonchev–Trinajstić information content (AvgIpc) is 3.90. The largest absolute Gasteiger partial charge is 0.487 e. The second-order valence-electron chi connectivity index (χ2n) is 12.9. The van der Waals surface area contributed by atoms with E-state index in [-0.39, 0.29) is 56.1 Å². The first-order valence-electron chi connectivity index (χ1n) is 16.9.